The van der Waals surface area contributed by atoms with E-state index in [0.717, 1.165) is 12.8 Å². The Hall–Kier alpha value is -1.70. The number of carbonyl (C=O) groups is 1. The van der Waals surface area contributed by atoms with E-state index in [9.17, 15) is 4.79 Å². The van der Waals surface area contributed by atoms with Gasteiger partial charge in [0.05, 0.1) is 0 Å². The fourth-order valence-electron chi connectivity index (χ4n) is 2.26. The number of ketones is 1. The van der Waals surface area contributed by atoms with Gasteiger partial charge in [-0.05, 0) is 12.5 Å². The maximum absolute atomic E-state index is 11.2. The quantitative estimate of drug-likeness (QED) is 0.743. The van der Waals surface area contributed by atoms with Crippen LogP contribution in [0.4, 0.5) is 0 Å². The molecule has 0 N–H and O–H groups in total. The van der Waals surface area contributed by atoms with Gasteiger partial charge in [0.2, 0.25) is 6.54 Å². The molecule has 0 saturated heterocycles. The Morgan fingerprint density at radius 1 is 1.33 bits per heavy atom. The van der Waals surface area contributed by atoms with Gasteiger partial charge >= 0.3 is 0 Å². The minimum absolute atomic E-state index is 0.221. The smallest absolute Gasteiger partial charge is 0.200 e. The van der Waals surface area contributed by atoms with Crippen LogP contribution in [-0.4, -0.2) is 29.2 Å². The van der Waals surface area contributed by atoms with E-state index in [2.05, 4.69) is 48.1 Å². The normalized spacial score (nSPS) is 19.1. The Balaban J connectivity index is 2.10. The van der Waals surface area contributed by atoms with E-state index >= 15 is 0 Å². The van der Waals surface area contributed by atoms with Gasteiger partial charge in [-0.25, -0.2) is 4.58 Å². The zero-order chi connectivity index (χ0) is 13.0. The Kier molecular flexibility index (Phi) is 4.08. The summed E-state index contributed by atoms with van der Waals surface area (Å²) in [6.07, 6.45) is 6.39. The summed E-state index contributed by atoms with van der Waals surface area (Å²) in [6.45, 7) is 4.33. The molecule has 1 unspecified atom stereocenters. The summed E-state index contributed by atoms with van der Waals surface area (Å²) in [4.78, 5) is 11.2. The van der Waals surface area contributed by atoms with E-state index in [1.54, 1.807) is 6.92 Å². The van der Waals surface area contributed by atoms with E-state index in [-0.39, 0.29) is 5.78 Å². The van der Waals surface area contributed by atoms with Gasteiger partial charge in [0.1, 0.15) is 0 Å². The number of hydrogen-bond donors (Lipinski definition) is 0. The zero-order valence-corrected chi connectivity index (χ0v) is 11.1. The highest BCUT2D eigenvalue weighted by molar-refractivity contribution is 5.80. The second-order valence-electron chi connectivity index (χ2n) is 5.03. The summed E-state index contributed by atoms with van der Waals surface area (Å²) in [6, 6.07) is 10.9. The van der Waals surface area contributed by atoms with E-state index in [1.807, 2.05) is 6.07 Å². The SMILES string of the molecule is CC(=O)C[N+]1=CC(Cc2ccccc2)=CCC1C. The van der Waals surface area contributed by atoms with E-state index in [4.69, 9.17) is 0 Å². The van der Waals surface area contributed by atoms with Crippen LogP contribution in [0.5, 0.6) is 0 Å². The van der Waals surface area contributed by atoms with Crippen molar-refractivity contribution in [3.05, 3.63) is 47.5 Å². The van der Waals surface area contributed by atoms with Crippen LogP contribution in [-0.2, 0) is 11.2 Å². The molecule has 2 nitrogen and oxygen atoms in total. The van der Waals surface area contributed by atoms with Crippen LogP contribution in [0.25, 0.3) is 0 Å². The Bertz CT molecular complexity index is 485. The van der Waals surface area contributed by atoms with Crippen LogP contribution in [0.3, 0.4) is 0 Å². The number of carbonyl (C=O) groups excluding carboxylic acids is 1. The first kappa shape index (κ1) is 12.7. The average molecular weight is 242 g/mol. The summed E-state index contributed by atoms with van der Waals surface area (Å²) in [7, 11) is 0. The first-order valence-corrected chi connectivity index (χ1v) is 6.48. The number of allylic oxidation sites excluding steroid dienone is 1. The Labute approximate surface area is 109 Å². The lowest BCUT2D eigenvalue weighted by atomic mass is 10.0. The molecule has 2 heteroatoms. The number of Topliss-reactive ketones (excluding diaryl/α,β-unsaturated/α-hetero) is 1. The molecule has 1 aliphatic heterocycles. The van der Waals surface area contributed by atoms with Crippen LogP contribution in [0.15, 0.2) is 42.0 Å². The third kappa shape index (κ3) is 3.39. The predicted molar refractivity (Wildman–Crippen MR) is 74.2 cm³/mol. The molecule has 94 valence electrons. The lowest BCUT2D eigenvalue weighted by Gasteiger charge is -2.15. The predicted octanol–water partition coefficient (Wildman–Crippen LogP) is 2.62. The molecule has 0 amide bonds. The molecule has 0 radical (unpaired) electrons. The van der Waals surface area contributed by atoms with Crippen LogP contribution < -0.4 is 0 Å². The van der Waals surface area contributed by atoms with Crippen molar-refractivity contribution >= 4 is 12.0 Å². The van der Waals surface area contributed by atoms with Crippen molar-refractivity contribution in [2.75, 3.05) is 6.54 Å². The largest absolute Gasteiger partial charge is 0.293 e. The molecular formula is C16H20NO+. The van der Waals surface area contributed by atoms with Gasteiger partial charge in [-0.3, -0.25) is 4.79 Å². The first-order chi connectivity index (χ1) is 8.65. The summed E-state index contributed by atoms with van der Waals surface area (Å²) in [5, 5.41) is 0. The molecule has 1 aromatic carbocycles. The van der Waals surface area contributed by atoms with Gasteiger partial charge in [-0.15, -0.1) is 0 Å². The molecule has 0 aliphatic carbocycles. The minimum Gasteiger partial charge on any atom is -0.293 e. The average Bonchev–Trinajstić information content (AvgIpc) is 2.34. The number of nitrogens with zero attached hydrogens (tertiary/aromatic N) is 1. The van der Waals surface area contributed by atoms with Gasteiger partial charge < -0.3 is 0 Å². The molecule has 18 heavy (non-hydrogen) atoms. The van der Waals surface area contributed by atoms with Crippen LogP contribution in [0.2, 0.25) is 0 Å². The molecule has 1 aromatic rings. The van der Waals surface area contributed by atoms with Gasteiger partial charge in [-0.1, -0.05) is 36.4 Å². The van der Waals surface area contributed by atoms with Crippen LogP contribution >= 0.6 is 0 Å². The fourth-order valence-corrected chi connectivity index (χ4v) is 2.26. The maximum Gasteiger partial charge on any atom is 0.200 e. The second-order valence-corrected chi connectivity index (χ2v) is 5.03. The molecule has 0 saturated carbocycles. The van der Waals surface area contributed by atoms with Crippen LogP contribution in [0.1, 0.15) is 25.8 Å². The topological polar surface area (TPSA) is 20.1 Å². The molecule has 1 atom stereocenters. The highest BCUT2D eigenvalue weighted by Crippen LogP contribution is 2.13. The third-order valence-electron chi connectivity index (χ3n) is 3.28. The summed E-state index contributed by atoms with van der Waals surface area (Å²) in [5.41, 5.74) is 2.62. The molecule has 2 rings (SSSR count). The number of benzene rings is 1. The van der Waals surface area contributed by atoms with E-state index in [0.29, 0.717) is 12.6 Å². The highest BCUT2D eigenvalue weighted by atomic mass is 16.1. The van der Waals surface area contributed by atoms with Gasteiger partial charge in [0, 0.05) is 25.3 Å². The lowest BCUT2D eigenvalue weighted by molar-refractivity contribution is -0.547. The fraction of sp³-hybridized carbons (Fsp3) is 0.375. The van der Waals surface area contributed by atoms with E-state index in [1.165, 1.54) is 11.1 Å². The van der Waals surface area contributed by atoms with Crippen molar-refractivity contribution < 1.29 is 9.37 Å². The summed E-state index contributed by atoms with van der Waals surface area (Å²) >= 11 is 0. The second kappa shape index (κ2) is 5.76. The highest BCUT2D eigenvalue weighted by Gasteiger charge is 2.20. The van der Waals surface area contributed by atoms with Crippen molar-refractivity contribution in [3.63, 3.8) is 0 Å². The monoisotopic (exact) mass is 242 g/mol. The number of hydrogen-bond acceptors (Lipinski definition) is 1. The van der Waals surface area contributed by atoms with Crippen molar-refractivity contribution in [3.8, 4) is 0 Å². The lowest BCUT2D eigenvalue weighted by Crippen LogP contribution is -2.31. The molecular weight excluding hydrogens is 222 g/mol. The van der Waals surface area contributed by atoms with Crippen molar-refractivity contribution in [1.82, 2.24) is 0 Å². The van der Waals surface area contributed by atoms with Crippen molar-refractivity contribution in [2.45, 2.75) is 32.7 Å². The number of rotatable bonds is 4. The minimum atomic E-state index is 0.221. The van der Waals surface area contributed by atoms with Crippen molar-refractivity contribution in [2.24, 2.45) is 0 Å². The first-order valence-electron chi connectivity index (χ1n) is 6.48. The van der Waals surface area contributed by atoms with Gasteiger partial charge in [0.25, 0.3) is 0 Å². The summed E-state index contributed by atoms with van der Waals surface area (Å²) < 4.78 is 2.15. The molecule has 1 aliphatic rings. The Morgan fingerprint density at radius 2 is 2.06 bits per heavy atom. The van der Waals surface area contributed by atoms with Gasteiger partial charge in [-0.2, -0.15) is 0 Å². The maximum atomic E-state index is 11.2. The van der Waals surface area contributed by atoms with Crippen molar-refractivity contribution in [1.29, 1.82) is 0 Å². The molecule has 1 heterocycles. The molecule has 0 spiro atoms. The van der Waals surface area contributed by atoms with E-state index < -0.39 is 0 Å². The molecule has 0 aromatic heterocycles. The third-order valence-corrected chi connectivity index (χ3v) is 3.28. The van der Waals surface area contributed by atoms with Crippen LogP contribution in [0, 0.1) is 0 Å². The standard InChI is InChI=1S/C16H20NO/c1-13-8-9-16(12-17(13)11-14(2)18)10-15-6-4-3-5-7-15/h3-7,9,12-13H,8,10-11H2,1-2H3/q+1. The molecule has 0 fully saturated rings. The molecule has 0 bridgehead atoms. The van der Waals surface area contributed by atoms with Gasteiger partial charge in [0.15, 0.2) is 18.0 Å². The Morgan fingerprint density at radius 3 is 2.72 bits per heavy atom. The summed E-state index contributed by atoms with van der Waals surface area (Å²) in [5.74, 6) is 0.221. The zero-order valence-electron chi connectivity index (χ0n) is 11.1.